The SMILES string of the molecule is CCN1CCN(Cc2ccc(C(=O)O)cc2)CC(Cc2ccccc2-c2cccnc2)C1=O. The first-order valence-electron chi connectivity index (χ1n) is 11.4. The zero-order chi connectivity index (χ0) is 23.2. The van der Waals surface area contributed by atoms with Crippen LogP contribution in [0.2, 0.25) is 0 Å². The lowest BCUT2D eigenvalue weighted by Gasteiger charge is -2.24. The van der Waals surface area contributed by atoms with Crippen molar-refractivity contribution >= 4 is 11.9 Å². The maximum absolute atomic E-state index is 13.4. The van der Waals surface area contributed by atoms with Crippen molar-refractivity contribution in [3.63, 3.8) is 0 Å². The summed E-state index contributed by atoms with van der Waals surface area (Å²) in [5.41, 5.74) is 4.64. The molecule has 0 radical (unpaired) electrons. The summed E-state index contributed by atoms with van der Waals surface area (Å²) in [6.07, 6.45) is 4.29. The van der Waals surface area contributed by atoms with E-state index in [2.05, 4.69) is 22.0 Å². The molecule has 1 atom stereocenters. The summed E-state index contributed by atoms with van der Waals surface area (Å²) in [4.78, 5) is 33.0. The van der Waals surface area contributed by atoms with Crippen LogP contribution in [0.3, 0.4) is 0 Å². The first kappa shape index (κ1) is 22.7. The summed E-state index contributed by atoms with van der Waals surface area (Å²) in [6.45, 7) is 5.56. The van der Waals surface area contributed by atoms with E-state index in [9.17, 15) is 9.59 Å². The second-order valence-corrected chi connectivity index (χ2v) is 8.45. The lowest BCUT2D eigenvalue weighted by atomic mass is 9.91. The molecule has 0 bridgehead atoms. The van der Waals surface area contributed by atoms with Gasteiger partial charge in [0.25, 0.3) is 0 Å². The molecule has 0 saturated carbocycles. The van der Waals surface area contributed by atoms with Gasteiger partial charge < -0.3 is 10.0 Å². The number of likely N-dealkylation sites (N-methyl/N-ethyl adjacent to an activating group) is 1. The van der Waals surface area contributed by atoms with Gasteiger partial charge in [0, 0.05) is 50.7 Å². The van der Waals surface area contributed by atoms with Crippen molar-refractivity contribution in [2.75, 3.05) is 26.2 Å². The number of hydrogen-bond donors (Lipinski definition) is 1. The number of nitrogens with zero attached hydrogens (tertiary/aromatic N) is 3. The van der Waals surface area contributed by atoms with E-state index in [0.29, 0.717) is 32.6 Å². The molecule has 6 heteroatoms. The summed E-state index contributed by atoms with van der Waals surface area (Å²) >= 11 is 0. The quantitative estimate of drug-likeness (QED) is 0.598. The van der Waals surface area contributed by atoms with Gasteiger partial charge in [0.2, 0.25) is 5.91 Å². The van der Waals surface area contributed by atoms with Crippen molar-refractivity contribution < 1.29 is 14.7 Å². The highest BCUT2D eigenvalue weighted by Crippen LogP contribution is 2.27. The third-order valence-electron chi connectivity index (χ3n) is 6.27. The van der Waals surface area contributed by atoms with Gasteiger partial charge in [0.15, 0.2) is 0 Å². The standard InChI is InChI=1S/C27H29N3O3/c1-2-30-15-14-29(18-20-9-11-21(12-10-20)27(32)33)19-24(26(30)31)16-22-6-3-4-8-25(22)23-7-5-13-28-17-23/h3-13,17,24H,2,14-16,18-19H2,1H3,(H,32,33). The number of pyridine rings is 1. The summed E-state index contributed by atoms with van der Waals surface area (Å²) in [6, 6.07) is 19.2. The molecule has 3 aromatic rings. The van der Waals surface area contributed by atoms with Gasteiger partial charge in [-0.05, 0) is 48.2 Å². The van der Waals surface area contributed by atoms with Crippen molar-refractivity contribution in [3.8, 4) is 11.1 Å². The molecular weight excluding hydrogens is 414 g/mol. The number of hydrogen-bond acceptors (Lipinski definition) is 4. The molecule has 0 aliphatic carbocycles. The number of aromatic carboxylic acids is 1. The minimum atomic E-state index is -0.923. The first-order chi connectivity index (χ1) is 16.0. The van der Waals surface area contributed by atoms with Gasteiger partial charge in [-0.1, -0.05) is 42.5 Å². The van der Waals surface area contributed by atoms with Crippen LogP contribution in [0.4, 0.5) is 0 Å². The normalized spacial score (nSPS) is 17.1. The average Bonchev–Trinajstić information content (AvgIpc) is 2.98. The Morgan fingerprint density at radius 2 is 1.85 bits per heavy atom. The summed E-state index contributed by atoms with van der Waals surface area (Å²) < 4.78 is 0. The van der Waals surface area contributed by atoms with Crippen LogP contribution in [0.25, 0.3) is 11.1 Å². The summed E-state index contributed by atoms with van der Waals surface area (Å²) in [5, 5.41) is 9.14. The van der Waals surface area contributed by atoms with Crippen molar-refractivity contribution in [1.82, 2.24) is 14.8 Å². The van der Waals surface area contributed by atoms with E-state index in [4.69, 9.17) is 5.11 Å². The molecule has 170 valence electrons. The minimum Gasteiger partial charge on any atom is -0.478 e. The smallest absolute Gasteiger partial charge is 0.335 e. The van der Waals surface area contributed by atoms with Crippen LogP contribution in [0.1, 0.15) is 28.4 Å². The predicted molar refractivity (Wildman–Crippen MR) is 128 cm³/mol. The van der Waals surface area contributed by atoms with Crippen molar-refractivity contribution in [3.05, 3.63) is 89.7 Å². The van der Waals surface area contributed by atoms with Crippen molar-refractivity contribution in [2.45, 2.75) is 19.9 Å². The Labute approximate surface area is 194 Å². The largest absolute Gasteiger partial charge is 0.478 e. The number of benzene rings is 2. The molecule has 2 heterocycles. The highest BCUT2D eigenvalue weighted by atomic mass is 16.4. The van der Waals surface area contributed by atoms with Gasteiger partial charge in [-0.15, -0.1) is 0 Å². The van der Waals surface area contributed by atoms with Crippen LogP contribution >= 0.6 is 0 Å². The molecule has 4 rings (SSSR count). The number of carbonyl (C=O) groups is 2. The topological polar surface area (TPSA) is 73.7 Å². The Kier molecular flexibility index (Phi) is 7.15. The van der Waals surface area contributed by atoms with Gasteiger partial charge in [-0.2, -0.15) is 0 Å². The minimum absolute atomic E-state index is 0.149. The third kappa shape index (κ3) is 5.46. The molecular formula is C27H29N3O3. The maximum atomic E-state index is 13.4. The van der Waals surface area contributed by atoms with Gasteiger partial charge in [-0.25, -0.2) is 4.79 Å². The van der Waals surface area contributed by atoms with Crippen molar-refractivity contribution in [2.24, 2.45) is 5.92 Å². The van der Waals surface area contributed by atoms with Gasteiger partial charge in [-0.3, -0.25) is 14.7 Å². The molecule has 1 aliphatic heterocycles. The second kappa shape index (κ2) is 10.4. The van der Waals surface area contributed by atoms with Crippen LogP contribution in [-0.4, -0.2) is 57.9 Å². The highest BCUT2D eigenvalue weighted by molar-refractivity contribution is 5.87. The Hall–Kier alpha value is -3.51. The molecule has 2 aromatic carbocycles. The van der Waals surface area contributed by atoms with Gasteiger partial charge >= 0.3 is 5.97 Å². The van der Waals surface area contributed by atoms with Gasteiger partial charge in [0.05, 0.1) is 11.5 Å². The summed E-state index contributed by atoms with van der Waals surface area (Å²) in [5.74, 6) is -0.876. The van der Waals surface area contributed by atoms with E-state index in [1.165, 1.54) is 0 Å². The average molecular weight is 444 g/mol. The lowest BCUT2D eigenvalue weighted by Crippen LogP contribution is -2.37. The highest BCUT2D eigenvalue weighted by Gasteiger charge is 2.30. The van der Waals surface area contributed by atoms with E-state index in [-0.39, 0.29) is 17.4 Å². The van der Waals surface area contributed by atoms with Crippen LogP contribution in [-0.2, 0) is 17.8 Å². The van der Waals surface area contributed by atoms with E-state index in [1.54, 1.807) is 18.3 Å². The Morgan fingerprint density at radius 3 is 2.55 bits per heavy atom. The Bertz CT molecular complexity index is 1100. The van der Waals surface area contributed by atoms with Gasteiger partial charge in [0.1, 0.15) is 0 Å². The second-order valence-electron chi connectivity index (χ2n) is 8.45. The molecule has 1 N–H and O–H groups in total. The number of rotatable bonds is 7. The third-order valence-corrected chi connectivity index (χ3v) is 6.27. The molecule has 0 spiro atoms. The fourth-order valence-corrected chi connectivity index (χ4v) is 4.50. The molecule has 1 unspecified atom stereocenters. The Morgan fingerprint density at radius 1 is 1.06 bits per heavy atom. The fraction of sp³-hybridized carbons (Fsp3) is 0.296. The molecule has 6 nitrogen and oxygen atoms in total. The molecule has 1 saturated heterocycles. The van der Waals surface area contributed by atoms with E-state index in [0.717, 1.165) is 28.8 Å². The summed E-state index contributed by atoms with van der Waals surface area (Å²) in [7, 11) is 0. The van der Waals surface area contributed by atoms with E-state index in [1.807, 2.05) is 54.4 Å². The van der Waals surface area contributed by atoms with Crippen LogP contribution < -0.4 is 0 Å². The fourth-order valence-electron chi connectivity index (χ4n) is 4.50. The monoisotopic (exact) mass is 443 g/mol. The van der Waals surface area contributed by atoms with Crippen LogP contribution in [0.15, 0.2) is 73.1 Å². The molecule has 1 fully saturated rings. The predicted octanol–water partition coefficient (Wildman–Crippen LogP) is 3.97. The zero-order valence-corrected chi connectivity index (χ0v) is 18.9. The number of aromatic nitrogens is 1. The van der Waals surface area contributed by atoms with Crippen molar-refractivity contribution in [1.29, 1.82) is 0 Å². The zero-order valence-electron chi connectivity index (χ0n) is 18.9. The number of carboxylic acids is 1. The number of amides is 1. The lowest BCUT2D eigenvalue weighted by molar-refractivity contribution is -0.134. The molecule has 33 heavy (non-hydrogen) atoms. The van der Waals surface area contributed by atoms with Crippen LogP contribution in [0, 0.1) is 5.92 Å². The number of carbonyl (C=O) groups excluding carboxylic acids is 1. The number of carboxylic acid groups (broad SMARTS) is 1. The van der Waals surface area contributed by atoms with Crippen LogP contribution in [0.5, 0.6) is 0 Å². The Balaban J connectivity index is 1.56. The van der Waals surface area contributed by atoms with E-state index >= 15 is 0 Å². The molecule has 1 amide bonds. The van der Waals surface area contributed by atoms with E-state index < -0.39 is 5.97 Å². The molecule has 1 aliphatic rings. The molecule has 1 aromatic heterocycles. The maximum Gasteiger partial charge on any atom is 0.335 e. The first-order valence-corrected chi connectivity index (χ1v) is 11.4.